The predicted octanol–water partition coefficient (Wildman–Crippen LogP) is 6.48. The minimum absolute atomic E-state index is 0.0322. The van der Waals surface area contributed by atoms with Gasteiger partial charge in [-0.2, -0.15) is 8.78 Å². The molecule has 0 fully saturated rings. The lowest BCUT2D eigenvalue weighted by atomic mass is 9.83. The zero-order valence-electron chi connectivity index (χ0n) is 19.2. The molecule has 0 amide bonds. The molecule has 0 N–H and O–H groups in total. The first-order valence-electron chi connectivity index (χ1n) is 10.9. The topological polar surface area (TPSA) is 17.2 Å². The molecule has 3 nitrogen and oxygen atoms in total. The van der Waals surface area contributed by atoms with Gasteiger partial charge in [0.15, 0.2) is 5.70 Å². The van der Waals surface area contributed by atoms with Gasteiger partial charge in [-0.05, 0) is 68.1 Å². The smallest absolute Gasteiger partial charge is 0.435 e. The molecule has 32 heavy (non-hydrogen) atoms. The lowest BCUT2D eigenvalue weighted by molar-refractivity contribution is -0.363. The van der Waals surface area contributed by atoms with Crippen LogP contribution in [-0.2, 0) is 6.42 Å². The molecule has 0 spiro atoms. The van der Waals surface area contributed by atoms with Crippen molar-refractivity contribution in [3.05, 3.63) is 69.2 Å². The largest absolute Gasteiger partial charge is 0.737 e. The van der Waals surface area contributed by atoms with Crippen LogP contribution < -0.4 is 4.74 Å². The molecule has 2 aromatic rings. The van der Waals surface area contributed by atoms with Crippen LogP contribution in [0.25, 0.3) is 5.57 Å². The fourth-order valence-corrected chi connectivity index (χ4v) is 5.55. The van der Waals surface area contributed by atoms with Crippen LogP contribution in [0, 0.1) is 13.8 Å². The number of alkyl halides is 2. The highest BCUT2D eigenvalue weighted by molar-refractivity contribution is 6.58. The molecule has 3 heterocycles. The minimum Gasteiger partial charge on any atom is -0.435 e. The van der Waals surface area contributed by atoms with E-state index in [0.717, 1.165) is 22.3 Å². The van der Waals surface area contributed by atoms with E-state index in [1.54, 1.807) is 26.0 Å². The summed E-state index contributed by atoms with van der Waals surface area (Å²) < 4.78 is 64.4. The number of hydrogen-bond acceptors (Lipinski definition) is 1. The standard InChI is InChI=1S/C24H27BF4N2O/c1-7-19-13(3)22-21(17-9-11-18(12-10-17)32-24(26)27)23-14(4)20(8-2)16(6)31(23)25(28,29)30(22)15(19)5/h9-12,24H,7-8H2,1-6H3. The highest BCUT2D eigenvalue weighted by atomic mass is 19.3. The zero-order valence-corrected chi connectivity index (χ0v) is 19.2. The Morgan fingerprint density at radius 1 is 1.00 bits per heavy atom. The van der Waals surface area contributed by atoms with Crippen molar-refractivity contribution in [2.24, 2.45) is 0 Å². The van der Waals surface area contributed by atoms with Crippen molar-refractivity contribution in [2.75, 3.05) is 0 Å². The first kappa shape index (κ1) is 22.4. The molecular formula is C24H27BF4N2O. The van der Waals surface area contributed by atoms with Gasteiger partial charge in [-0.3, -0.25) is 0 Å². The Hall–Kier alpha value is -2.77. The van der Waals surface area contributed by atoms with Crippen LogP contribution >= 0.6 is 0 Å². The summed E-state index contributed by atoms with van der Waals surface area (Å²) in [6.45, 7) is 4.20. The van der Waals surface area contributed by atoms with Crippen molar-refractivity contribution in [3.63, 3.8) is 0 Å². The first-order valence-corrected chi connectivity index (χ1v) is 10.9. The number of rotatable bonds is 5. The summed E-state index contributed by atoms with van der Waals surface area (Å²) >= 11 is 0. The molecule has 0 saturated heterocycles. The van der Waals surface area contributed by atoms with Gasteiger partial charge in [0, 0.05) is 23.8 Å². The van der Waals surface area contributed by atoms with Crippen molar-refractivity contribution in [1.82, 2.24) is 4.48 Å². The Morgan fingerprint density at radius 3 is 2.16 bits per heavy atom. The third-order valence-corrected chi connectivity index (χ3v) is 6.86. The summed E-state index contributed by atoms with van der Waals surface area (Å²) in [5, 5.41) is 0. The number of fused-ring (bicyclic) bond motifs is 2. The lowest BCUT2D eigenvalue weighted by Crippen LogP contribution is -2.51. The Labute approximate surface area is 185 Å². The molecule has 0 saturated carbocycles. The maximum absolute atomic E-state index is 16.1. The average Bonchev–Trinajstić information content (AvgIpc) is 3.13. The van der Waals surface area contributed by atoms with E-state index < -0.39 is 13.6 Å². The van der Waals surface area contributed by atoms with Gasteiger partial charge < -0.3 is 22.3 Å². The lowest BCUT2D eigenvalue weighted by Gasteiger charge is -2.34. The molecule has 0 unspecified atom stereocenters. The van der Waals surface area contributed by atoms with Gasteiger partial charge in [0.1, 0.15) is 11.5 Å². The summed E-state index contributed by atoms with van der Waals surface area (Å²) in [5.41, 5.74) is 7.00. The monoisotopic (exact) mass is 446 g/mol. The van der Waals surface area contributed by atoms with Crippen LogP contribution in [0.15, 0.2) is 41.1 Å². The Morgan fingerprint density at radius 2 is 1.62 bits per heavy atom. The molecule has 1 aromatic heterocycles. The number of benzene rings is 1. The van der Waals surface area contributed by atoms with E-state index in [9.17, 15) is 8.78 Å². The van der Waals surface area contributed by atoms with Crippen molar-refractivity contribution in [1.29, 1.82) is 0 Å². The third-order valence-electron chi connectivity index (χ3n) is 6.86. The highest BCUT2D eigenvalue weighted by Crippen LogP contribution is 2.47. The van der Waals surface area contributed by atoms with E-state index in [-0.39, 0.29) is 5.75 Å². The summed E-state index contributed by atoms with van der Waals surface area (Å²) in [6.07, 6.45) is 1.29. The summed E-state index contributed by atoms with van der Waals surface area (Å²) in [6, 6.07) is 6.25. The number of nitrogens with zero attached hydrogens (tertiary/aromatic N) is 2. The quantitative estimate of drug-likeness (QED) is 0.380. The Kier molecular flexibility index (Phi) is 5.38. The molecule has 2 aliphatic heterocycles. The van der Waals surface area contributed by atoms with Gasteiger partial charge >= 0.3 is 13.6 Å². The molecule has 1 aromatic carbocycles. The van der Waals surface area contributed by atoms with E-state index in [4.69, 9.17) is 0 Å². The second-order valence-electron chi connectivity index (χ2n) is 8.39. The number of hydrogen-bond donors (Lipinski definition) is 0. The number of allylic oxidation sites excluding steroid dienone is 2. The molecule has 2 aliphatic rings. The predicted molar refractivity (Wildman–Crippen MR) is 120 cm³/mol. The van der Waals surface area contributed by atoms with Crippen LogP contribution in [-0.4, -0.2) is 28.3 Å². The summed E-state index contributed by atoms with van der Waals surface area (Å²) in [4.78, 5) is 0. The normalized spacial score (nSPS) is 17.5. The van der Waals surface area contributed by atoms with E-state index in [1.807, 2.05) is 27.7 Å². The van der Waals surface area contributed by atoms with Crippen LogP contribution in [0.4, 0.5) is 17.4 Å². The molecular weight excluding hydrogens is 419 g/mol. The van der Waals surface area contributed by atoms with E-state index in [2.05, 4.69) is 4.74 Å². The Bertz CT molecular complexity index is 1200. The maximum atomic E-state index is 16.1. The number of ether oxygens (including phenoxy) is 1. The van der Waals surface area contributed by atoms with Crippen molar-refractivity contribution in [3.8, 4) is 5.75 Å². The maximum Gasteiger partial charge on any atom is 0.737 e. The van der Waals surface area contributed by atoms with Crippen LogP contribution in [0.3, 0.4) is 0 Å². The van der Waals surface area contributed by atoms with Crippen molar-refractivity contribution in [2.45, 2.75) is 61.0 Å². The van der Waals surface area contributed by atoms with Gasteiger partial charge in [0.25, 0.3) is 0 Å². The van der Waals surface area contributed by atoms with Crippen LogP contribution in [0.2, 0.25) is 0 Å². The third kappa shape index (κ3) is 2.99. The van der Waals surface area contributed by atoms with Gasteiger partial charge in [-0.15, -0.1) is 0 Å². The molecule has 0 bridgehead atoms. The van der Waals surface area contributed by atoms with Crippen molar-refractivity contribution < 1.29 is 26.6 Å². The van der Waals surface area contributed by atoms with Crippen LogP contribution in [0.5, 0.6) is 5.75 Å². The second kappa shape index (κ2) is 7.68. The van der Waals surface area contributed by atoms with E-state index in [0.29, 0.717) is 46.8 Å². The molecule has 0 atom stereocenters. The van der Waals surface area contributed by atoms with Gasteiger partial charge in [-0.1, -0.05) is 26.0 Å². The van der Waals surface area contributed by atoms with Gasteiger partial charge in [-0.25, -0.2) is 0 Å². The van der Waals surface area contributed by atoms with Crippen LogP contribution in [0.1, 0.15) is 62.2 Å². The highest BCUT2D eigenvalue weighted by Gasteiger charge is 2.56. The molecule has 8 heteroatoms. The summed E-state index contributed by atoms with van der Waals surface area (Å²) in [7, 11) is 0. The second-order valence-corrected chi connectivity index (χ2v) is 8.39. The van der Waals surface area contributed by atoms with Crippen molar-refractivity contribution >= 4 is 18.3 Å². The van der Waals surface area contributed by atoms with E-state index >= 15 is 8.63 Å². The number of aromatic nitrogens is 1. The fraction of sp³-hybridized carbons (Fsp3) is 0.375. The molecule has 4 rings (SSSR count). The molecule has 0 aliphatic carbocycles. The van der Waals surface area contributed by atoms with E-state index in [1.165, 1.54) is 21.1 Å². The average molecular weight is 446 g/mol. The number of halogens is 4. The summed E-state index contributed by atoms with van der Waals surface area (Å²) in [5.74, 6) is 0.0322. The van der Waals surface area contributed by atoms with Gasteiger partial charge in [0.05, 0.1) is 5.57 Å². The Balaban J connectivity index is 2.10. The fourth-order valence-electron chi connectivity index (χ4n) is 5.55. The molecule has 0 radical (unpaired) electrons. The molecule has 170 valence electrons. The zero-order chi connectivity index (χ0) is 23.5. The SMILES string of the molecule is CCC1=C(C)C2=C(c3ccc(OC(F)F)cc3)c3c(C)c(CC)c(C)n3[B-](F)(F)[N+]2=C1C. The van der Waals surface area contributed by atoms with Gasteiger partial charge in [0.2, 0.25) is 0 Å². The first-order chi connectivity index (χ1) is 15.1. The minimum atomic E-state index is -4.09.